The van der Waals surface area contributed by atoms with Crippen molar-refractivity contribution in [1.82, 2.24) is 5.32 Å². The van der Waals surface area contributed by atoms with Crippen LogP contribution in [0.2, 0.25) is 0 Å². The number of halogens is 2. The molecule has 2 nitrogen and oxygen atoms in total. The van der Waals surface area contributed by atoms with Crippen molar-refractivity contribution in [2.75, 3.05) is 25.0 Å². The van der Waals surface area contributed by atoms with Gasteiger partial charge in [0.15, 0.2) is 0 Å². The molecule has 1 aromatic carbocycles. The number of hydrogen-bond acceptors (Lipinski definition) is 2. The predicted molar refractivity (Wildman–Crippen MR) is 67.3 cm³/mol. The van der Waals surface area contributed by atoms with Crippen LogP contribution >= 0.6 is 0 Å². The van der Waals surface area contributed by atoms with Crippen molar-refractivity contribution in [3.63, 3.8) is 0 Å². The van der Waals surface area contributed by atoms with Gasteiger partial charge < -0.3 is 10.2 Å². The van der Waals surface area contributed by atoms with E-state index in [1.54, 1.807) is 11.9 Å². The molecule has 0 radical (unpaired) electrons. The van der Waals surface area contributed by atoms with Crippen LogP contribution in [0.25, 0.3) is 0 Å². The fourth-order valence-corrected chi connectivity index (χ4v) is 1.92. The van der Waals surface area contributed by atoms with Gasteiger partial charge in [-0.2, -0.15) is 0 Å². The van der Waals surface area contributed by atoms with E-state index in [-0.39, 0.29) is 5.69 Å². The molecule has 0 aliphatic rings. The molecule has 0 saturated heterocycles. The van der Waals surface area contributed by atoms with Gasteiger partial charge in [-0.25, -0.2) is 8.78 Å². The zero-order valence-electron chi connectivity index (χ0n) is 10.7. The van der Waals surface area contributed by atoms with Crippen molar-refractivity contribution in [1.29, 1.82) is 0 Å². The molecular formula is C13H20F2N2. The molecule has 0 atom stereocenters. The molecule has 0 bridgehead atoms. The molecule has 0 amide bonds. The van der Waals surface area contributed by atoms with Gasteiger partial charge in [-0.15, -0.1) is 0 Å². The minimum atomic E-state index is -0.481. The summed E-state index contributed by atoms with van der Waals surface area (Å²) in [4.78, 5) is 1.73. The highest BCUT2D eigenvalue weighted by molar-refractivity contribution is 5.50. The molecule has 0 unspecified atom stereocenters. The summed E-state index contributed by atoms with van der Waals surface area (Å²) in [7, 11) is 1.75. The van der Waals surface area contributed by atoms with E-state index in [1.807, 2.05) is 13.8 Å². The van der Waals surface area contributed by atoms with Crippen LogP contribution in [0.15, 0.2) is 12.1 Å². The Balaban J connectivity index is 3.07. The molecule has 0 fully saturated rings. The maximum absolute atomic E-state index is 13.9. The Morgan fingerprint density at radius 2 is 1.76 bits per heavy atom. The second-order valence-electron chi connectivity index (χ2n) is 4.02. The smallest absolute Gasteiger partial charge is 0.149 e. The fraction of sp³-hybridized carbons (Fsp3) is 0.538. The van der Waals surface area contributed by atoms with E-state index in [2.05, 4.69) is 5.32 Å². The first-order valence-corrected chi connectivity index (χ1v) is 6.01. The minimum Gasteiger partial charge on any atom is -0.367 e. The summed E-state index contributed by atoms with van der Waals surface area (Å²) >= 11 is 0. The Morgan fingerprint density at radius 1 is 1.18 bits per heavy atom. The summed E-state index contributed by atoms with van der Waals surface area (Å²) in [6.07, 6.45) is 0.866. The molecule has 0 saturated carbocycles. The average Bonchev–Trinajstić information content (AvgIpc) is 2.27. The van der Waals surface area contributed by atoms with Crippen molar-refractivity contribution in [2.45, 2.75) is 26.8 Å². The van der Waals surface area contributed by atoms with Gasteiger partial charge >= 0.3 is 0 Å². The standard InChI is InChI=1S/C13H20F2N2/c1-4-6-17(5-2)13-11(14)7-10(9-16-3)8-12(13)15/h7-8,16H,4-6,9H2,1-3H3. The average molecular weight is 242 g/mol. The van der Waals surface area contributed by atoms with Gasteiger partial charge in [-0.1, -0.05) is 6.92 Å². The lowest BCUT2D eigenvalue weighted by atomic mass is 10.1. The monoisotopic (exact) mass is 242 g/mol. The van der Waals surface area contributed by atoms with Gasteiger partial charge in [0.05, 0.1) is 0 Å². The van der Waals surface area contributed by atoms with Crippen molar-refractivity contribution in [2.24, 2.45) is 0 Å². The van der Waals surface area contributed by atoms with E-state index in [4.69, 9.17) is 0 Å². The zero-order chi connectivity index (χ0) is 12.8. The summed E-state index contributed by atoms with van der Waals surface area (Å²) in [5.41, 5.74) is 0.716. The number of nitrogens with zero attached hydrogens (tertiary/aromatic N) is 1. The third-order valence-electron chi connectivity index (χ3n) is 2.65. The first-order chi connectivity index (χ1) is 8.13. The van der Waals surface area contributed by atoms with Gasteiger partial charge in [-0.3, -0.25) is 0 Å². The number of nitrogens with one attached hydrogen (secondary N) is 1. The van der Waals surface area contributed by atoms with Crippen LogP contribution in [0, 0.1) is 11.6 Å². The van der Waals surface area contributed by atoms with E-state index in [0.29, 0.717) is 25.2 Å². The number of rotatable bonds is 6. The minimum absolute atomic E-state index is 0.0919. The third-order valence-corrected chi connectivity index (χ3v) is 2.65. The number of benzene rings is 1. The highest BCUT2D eigenvalue weighted by Crippen LogP contribution is 2.25. The second kappa shape index (κ2) is 6.55. The Kier molecular flexibility index (Phi) is 5.35. The van der Waals surface area contributed by atoms with E-state index >= 15 is 0 Å². The highest BCUT2D eigenvalue weighted by Gasteiger charge is 2.16. The molecule has 1 rings (SSSR count). The van der Waals surface area contributed by atoms with Crippen molar-refractivity contribution in [3.8, 4) is 0 Å². The van der Waals surface area contributed by atoms with Crippen LogP contribution in [0.4, 0.5) is 14.5 Å². The molecular weight excluding hydrogens is 222 g/mol. The van der Waals surface area contributed by atoms with Gasteiger partial charge in [0, 0.05) is 19.6 Å². The van der Waals surface area contributed by atoms with Crippen LogP contribution < -0.4 is 10.2 Å². The Labute approximate surface area is 102 Å². The quantitative estimate of drug-likeness (QED) is 0.825. The first-order valence-electron chi connectivity index (χ1n) is 6.01. The molecule has 0 aromatic heterocycles. The van der Waals surface area contributed by atoms with E-state index in [9.17, 15) is 8.78 Å². The van der Waals surface area contributed by atoms with Crippen LogP contribution in [-0.4, -0.2) is 20.1 Å². The predicted octanol–water partition coefficient (Wildman–Crippen LogP) is 2.92. The maximum atomic E-state index is 13.9. The number of hydrogen-bond donors (Lipinski definition) is 1. The summed E-state index contributed by atoms with van der Waals surface area (Å²) in [5, 5.41) is 2.88. The summed E-state index contributed by atoms with van der Waals surface area (Å²) in [6, 6.07) is 2.79. The second-order valence-corrected chi connectivity index (χ2v) is 4.02. The van der Waals surface area contributed by atoms with E-state index in [1.165, 1.54) is 12.1 Å². The summed E-state index contributed by atoms with van der Waals surface area (Å²) < 4.78 is 27.8. The van der Waals surface area contributed by atoms with Gasteiger partial charge in [0.2, 0.25) is 0 Å². The van der Waals surface area contributed by atoms with Crippen LogP contribution in [0.1, 0.15) is 25.8 Å². The van der Waals surface area contributed by atoms with Crippen LogP contribution in [-0.2, 0) is 6.54 Å². The zero-order valence-corrected chi connectivity index (χ0v) is 10.7. The molecule has 0 aliphatic carbocycles. The molecule has 1 N–H and O–H groups in total. The summed E-state index contributed by atoms with van der Waals surface area (Å²) in [5.74, 6) is -0.962. The third kappa shape index (κ3) is 3.40. The molecule has 96 valence electrons. The summed E-state index contributed by atoms with van der Waals surface area (Å²) in [6.45, 7) is 5.63. The van der Waals surface area contributed by atoms with Crippen LogP contribution in [0.3, 0.4) is 0 Å². The fourth-order valence-electron chi connectivity index (χ4n) is 1.92. The van der Waals surface area contributed by atoms with Crippen molar-refractivity contribution < 1.29 is 8.78 Å². The molecule has 0 heterocycles. The lowest BCUT2D eigenvalue weighted by Crippen LogP contribution is -2.26. The highest BCUT2D eigenvalue weighted by atomic mass is 19.1. The molecule has 1 aromatic rings. The van der Waals surface area contributed by atoms with Gasteiger partial charge in [0.25, 0.3) is 0 Å². The SMILES string of the molecule is CCCN(CC)c1c(F)cc(CNC)cc1F. The Morgan fingerprint density at radius 3 is 2.18 bits per heavy atom. The van der Waals surface area contributed by atoms with Gasteiger partial charge in [0.1, 0.15) is 17.3 Å². The lowest BCUT2D eigenvalue weighted by molar-refractivity contribution is 0.566. The maximum Gasteiger partial charge on any atom is 0.149 e. The molecule has 0 spiro atoms. The number of anilines is 1. The molecule has 17 heavy (non-hydrogen) atoms. The Bertz CT molecular complexity index is 343. The lowest BCUT2D eigenvalue weighted by Gasteiger charge is -2.23. The molecule has 4 heteroatoms. The van der Waals surface area contributed by atoms with E-state index in [0.717, 1.165) is 6.42 Å². The van der Waals surface area contributed by atoms with Crippen molar-refractivity contribution in [3.05, 3.63) is 29.3 Å². The topological polar surface area (TPSA) is 15.3 Å². The first kappa shape index (κ1) is 13.9. The molecule has 0 aliphatic heterocycles. The van der Waals surface area contributed by atoms with Crippen LogP contribution in [0.5, 0.6) is 0 Å². The largest absolute Gasteiger partial charge is 0.367 e. The van der Waals surface area contributed by atoms with Crippen molar-refractivity contribution >= 4 is 5.69 Å². The Hall–Kier alpha value is -1.16. The van der Waals surface area contributed by atoms with E-state index < -0.39 is 11.6 Å². The van der Waals surface area contributed by atoms with Gasteiger partial charge in [-0.05, 0) is 38.1 Å². The normalized spacial score (nSPS) is 10.6.